The number of hydrogen-bond acceptors (Lipinski definition) is 2. The third-order valence-electron chi connectivity index (χ3n) is 1.70. The van der Waals surface area contributed by atoms with Gasteiger partial charge < -0.3 is 10.3 Å². The molecule has 0 amide bonds. The van der Waals surface area contributed by atoms with Crippen LogP contribution in [0.3, 0.4) is 0 Å². The largest absolute Gasteiger partial charge is 0.338 e. The Morgan fingerprint density at radius 2 is 2.29 bits per heavy atom. The van der Waals surface area contributed by atoms with Crippen molar-refractivity contribution >= 4 is 27.4 Å². The molecule has 0 spiro atoms. The molecule has 0 unspecified atom stereocenters. The van der Waals surface area contributed by atoms with Gasteiger partial charge in [-0.25, -0.2) is 9.37 Å². The summed E-state index contributed by atoms with van der Waals surface area (Å²) < 4.78 is 14.0. The van der Waals surface area contributed by atoms with Gasteiger partial charge in [-0.3, -0.25) is 0 Å². The normalized spacial score (nSPS) is 10.1. The standard InChI is InChI=1S/C9H7BrFN3/c10-6-1-2-8(7(11)3-6)14-9-4-12-5-13-9/h1-5,14H,(H,12,13). The van der Waals surface area contributed by atoms with Gasteiger partial charge in [0.2, 0.25) is 0 Å². The summed E-state index contributed by atoms with van der Waals surface area (Å²) in [4.78, 5) is 6.64. The van der Waals surface area contributed by atoms with Crippen molar-refractivity contribution < 1.29 is 4.39 Å². The number of nitrogens with zero attached hydrogens (tertiary/aromatic N) is 1. The molecule has 0 aliphatic carbocycles. The highest BCUT2D eigenvalue weighted by molar-refractivity contribution is 9.10. The van der Waals surface area contributed by atoms with E-state index in [1.165, 1.54) is 12.4 Å². The van der Waals surface area contributed by atoms with Crippen molar-refractivity contribution in [2.45, 2.75) is 0 Å². The van der Waals surface area contributed by atoms with E-state index in [0.717, 1.165) is 0 Å². The molecule has 0 fully saturated rings. The number of aromatic nitrogens is 2. The Labute approximate surface area is 88.5 Å². The first-order valence-electron chi connectivity index (χ1n) is 3.96. The number of hydrogen-bond donors (Lipinski definition) is 2. The number of nitrogens with one attached hydrogen (secondary N) is 2. The lowest BCUT2D eigenvalue weighted by Gasteiger charge is -2.04. The van der Waals surface area contributed by atoms with Crippen molar-refractivity contribution in [3.63, 3.8) is 0 Å². The molecule has 3 nitrogen and oxygen atoms in total. The first kappa shape index (κ1) is 9.21. The molecule has 1 heterocycles. The lowest BCUT2D eigenvalue weighted by atomic mass is 10.3. The van der Waals surface area contributed by atoms with Crippen LogP contribution in [0.25, 0.3) is 0 Å². The van der Waals surface area contributed by atoms with Crippen molar-refractivity contribution in [3.8, 4) is 0 Å². The van der Waals surface area contributed by atoms with Crippen LogP contribution < -0.4 is 5.32 Å². The Hall–Kier alpha value is -1.36. The fourth-order valence-corrected chi connectivity index (χ4v) is 1.39. The van der Waals surface area contributed by atoms with Crippen LogP contribution in [-0.2, 0) is 0 Å². The molecule has 1 aromatic carbocycles. The van der Waals surface area contributed by atoms with Gasteiger partial charge in [-0.05, 0) is 18.2 Å². The van der Waals surface area contributed by atoms with E-state index in [9.17, 15) is 4.39 Å². The number of imidazole rings is 1. The third-order valence-corrected chi connectivity index (χ3v) is 2.19. The predicted octanol–water partition coefficient (Wildman–Crippen LogP) is 3.05. The van der Waals surface area contributed by atoms with E-state index in [0.29, 0.717) is 16.0 Å². The second-order valence-electron chi connectivity index (χ2n) is 2.71. The van der Waals surface area contributed by atoms with Crippen molar-refractivity contribution in [1.82, 2.24) is 9.97 Å². The molecule has 0 radical (unpaired) electrons. The van der Waals surface area contributed by atoms with Crippen molar-refractivity contribution in [3.05, 3.63) is 41.0 Å². The van der Waals surface area contributed by atoms with Gasteiger partial charge in [0.05, 0.1) is 18.2 Å². The topological polar surface area (TPSA) is 40.7 Å². The zero-order valence-electron chi connectivity index (χ0n) is 7.09. The minimum Gasteiger partial charge on any atom is -0.338 e. The van der Waals surface area contributed by atoms with Gasteiger partial charge in [0.25, 0.3) is 0 Å². The Morgan fingerprint density at radius 1 is 1.43 bits per heavy atom. The molecule has 72 valence electrons. The number of benzene rings is 1. The van der Waals surface area contributed by atoms with Crippen LogP contribution in [0.2, 0.25) is 0 Å². The summed E-state index contributed by atoms with van der Waals surface area (Å²) in [6.07, 6.45) is 3.11. The van der Waals surface area contributed by atoms with Crippen LogP contribution in [0.15, 0.2) is 35.2 Å². The maximum atomic E-state index is 13.3. The lowest BCUT2D eigenvalue weighted by Crippen LogP contribution is -1.93. The Kier molecular flexibility index (Phi) is 2.49. The lowest BCUT2D eigenvalue weighted by molar-refractivity contribution is 0.631. The minimum absolute atomic E-state index is 0.311. The molecule has 0 saturated carbocycles. The fourth-order valence-electron chi connectivity index (χ4n) is 1.06. The summed E-state index contributed by atoms with van der Waals surface area (Å²) >= 11 is 3.19. The highest BCUT2D eigenvalue weighted by Gasteiger charge is 2.02. The second-order valence-corrected chi connectivity index (χ2v) is 3.63. The third kappa shape index (κ3) is 1.93. The summed E-state index contributed by atoms with van der Waals surface area (Å²) in [5.74, 6) is 0.347. The molecule has 0 aliphatic rings. The SMILES string of the molecule is Fc1cc(Br)ccc1Nc1cnc[nH]1. The van der Waals surface area contributed by atoms with Crippen LogP contribution in [0.4, 0.5) is 15.9 Å². The van der Waals surface area contributed by atoms with Crippen LogP contribution in [0, 0.1) is 5.82 Å². The Balaban J connectivity index is 2.25. The maximum absolute atomic E-state index is 13.3. The van der Waals surface area contributed by atoms with E-state index in [1.54, 1.807) is 18.3 Å². The van der Waals surface area contributed by atoms with Gasteiger partial charge in [-0.15, -0.1) is 0 Å². The summed E-state index contributed by atoms with van der Waals surface area (Å²) in [5, 5.41) is 2.87. The first-order valence-corrected chi connectivity index (χ1v) is 4.75. The van der Waals surface area contributed by atoms with Crippen LogP contribution in [0.5, 0.6) is 0 Å². The van der Waals surface area contributed by atoms with E-state index in [4.69, 9.17) is 0 Å². The monoisotopic (exact) mass is 255 g/mol. The first-order chi connectivity index (χ1) is 6.75. The summed E-state index contributed by atoms with van der Waals surface area (Å²) in [5.41, 5.74) is 0.414. The fraction of sp³-hybridized carbons (Fsp3) is 0. The number of H-pyrrole nitrogens is 1. The number of halogens is 2. The van der Waals surface area contributed by atoms with E-state index >= 15 is 0 Å². The average molecular weight is 256 g/mol. The van der Waals surface area contributed by atoms with Crippen LogP contribution in [-0.4, -0.2) is 9.97 Å². The number of anilines is 2. The molecular weight excluding hydrogens is 249 g/mol. The Bertz CT molecular complexity index is 428. The van der Waals surface area contributed by atoms with Gasteiger partial charge in [0.15, 0.2) is 0 Å². The van der Waals surface area contributed by atoms with Gasteiger partial charge in [0, 0.05) is 4.47 Å². The van der Waals surface area contributed by atoms with Crippen molar-refractivity contribution in [2.24, 2.45) is 0 Å². The predicted molar refractivity (Wildman–Crippen MR) is 56.0 cm³/mol. The highest BCUT2D eigenvalue weighted by atomic mass is 79.9. The van der Waals surface area contributed by atoms with Gasteiger partial charge >= 0.3 is 0 Å². The molecule has 2 rings (SSSR count). The molecule has 0 aliphatic heterocycles. The van der Waals surface area contributed by atoms with Gasteiger partial charge in [-0.2, -0.15) is 0 Å². The van der Waals surface area contributed by atoms with Gasteiger partial charge in [-0.1, -0.05) is 15.9 Å². The molecule has 0 bridgehead atoms. The van der Waals surface area contributed by atoms with E-state index < -0.39 is 0 Å². The molecular formula is C9H7BrFN3. The summed E-state index contributed by atoms with van der Waals surface area (Å²) in [7, 11) is 0. The van der Waals surface area contributed by atoms with Crippen molar-refractivity contribution in [1.29, 1.82) is 0 Å². The minimum atomic E-state index is -0.311. The second kappa shape index (κ2) is 3.79. The van der Waals surface area contributed by atoms with E-state index in [-0.39, 0.29) is 5.82 Å². The molecule has 14 heavy (non-hydrogen) atoms. The maximum Gasteiger partial charge on any atom is 0.147 e. The van der Waals surface area contributed by atoms with Crippen LogP contribution >= 0.6 is 15.9 Å². The quantitative estimate of drug-likeness (QED) is 0.866. The van der Waals surface area contributed by atoms with E-state index in [1.807, 2.05) is 0 Å². The average Bonchev–Trinajstić information content (AvgIpc) is 2.62. The number of aromatic amines is 1. The molecule has 2 aromatic rings. The highest BCUT2D eigenvalue weighted by Crippen LogP contribution is 2.21. The molecule has 0 atom stereocenters. The van der Waals surface area contributed by atoms with Gasteiger partial charge in [0.1, 0.15) is 11.6 Å². The Morgan fingerprint density at radius 3 is 2.93 bits per heavy atom. The molecule has 1 aromatic heterocycles. The summed E-state index contributed by atoms with van der Waals surface area (Å²) in [6.45, 7) is 0. The smallest absolute Gasteiger partial charge is 0.147 e. The zero-order valence-corrected chi connectivity index (χ0v) is 8.68. The molecule has 0 saturated heterocycles. The molecule has 5 heteroatoms. The van der Waals surface area contributed by atoms with E-state index in [2.05, 4.69) is 31.2 Å². The summed E-state index contributed by atoms with van der Waals surface area (Å²) in [6, 6.07) is 4.82. The number of rotatable bonds is 2. The zero-order chi connectivity index (χ0) is 9.97. The van der Waals surface area contributed by atoms with Crippen LogP contribution in [0.1, 0.15) is 0 Å². The molecule has 2 N–H and O–H groups in total. The van der Waals surface area contributed by atoms with Crippen molar-refractivity contribution in [2.75, 3.05) is 5.32 Å².